The third kappa shape index (κ3) is 6.16. The summed E-state index contributed by atoms with van der Waals surface area (Å²) in [6.07, 6.45) is -0.0316. The third-order valence-electron chi connectivity index (χ3n) is 3.77. The summed E-state index contributed by atoms with van der Waals surface area (Å²) in [5, 5.41) is 19.9. The molecule has 2 rings (SSSR count). The van der Waals surface area contributed by atoms with Crippen molar-refractivity contribution in [3.8, 4) is 0 Å². The second-order valence-corrected chi connectivity index (χ2v) is 9.48. The molecule has 8 nitrogen and oxygen atoms in total. The molecule has 150 valence electrons. The Labute approximate surface area is 168 Å². The standard InChI is InChI=1S/C18H23IN2O6/c1-18(2,3)27-17(23)20-9-8-14(15(11-20)16(22)26-4)12-6-5-7-13(10-12)19-21(24)25/h5-7,10,24H,8-9,11H2,1-4H3/q-2. The summed E-state index contributed by atoms with van der Waals surface area (Å²) in [4.78, 5) is 26.1. The van der Waals surface area contributed by atoms with Crippen molar-refractivity contribution in [1.29, 1.82) is 0 Å². The summed E-state index contributed by atoms with van der Waals surface area (Å²) < 4.78 is 11.0. The van der Waals surface area contributed by atoms with Crippen LogP contribution >= 0.6 is 0 Å². The zero-order valence-corrected chi connectivity index (χ0v) is 17.8. The third-order valence-corrected chi connectivity index (χ3v) is 5.41. The topological polar surface area (TPSA) is 102 Å². The van der Waals surface area contributed by atoms with Gasteiger partial charge in [0.1, 0.15) is 0 Å². The average Bonchev–Trinajstić information content (AvgIpc) is 2.58. The molecule has 0 aromatic heterocycles. The van der Waals surface area contributed by atoms with Gasteiger partial charge in [0.25, 0.3) is 0 Å². The van der Waals surface area contributed by atoms with Crippen molar-refractivity contribution in [2.75, 3.05) is 20.2 Å². The molecular formula is C18H23IN2O6-2. The fourth-order valence-corrected chi connectivity index (χ4v) is 4.01. The van der Waals surface area contributed by atoms with Gasteiger partial charge in [-0.2, -0.15) is 0 Å². The summed E-state index contributed by atoms with van der Waals surface area (Å²) in [6.45, 7) is 5.84. The number of hydrogen-bond donors (Lipinski definition) is 1. The molecule has 9 heteroatoms. The quantitative estimate of drug-likeness (QED) is 0.266. The van der Waals surface area contributed by atoms with Crippen molar-refractivity contribution in [2.45, 2.75) is 32.8 Å². The monoisotopic (exact) mass is 490 g/mol. The van der Waals surface area contributed by atoms with Crippen molar-refractivity contribution in [3.05, 3.63) is 44.2 Å². The molecule has 0 saturated heterocycles. The Bertz CT molecular complexity index is 742. The predicted molar refractivity (Wildman–Crippen MR) is 93.5 cm³/mol. The predicted octanol–water partition coefficient (Wildman–Crippen LogP) is -0.383. The van der Waals surface area contributed by atoms with E-state index in [0.717, 1.165) is 14.7 Å². The van der Waals surface area contributed by atoms with Gasteiger partial charge in [-0.25, -0.2) is 0 Å². The fraction of sp³-hybridized carbons (Fsp3) is 0.444. The Hall–Kier alpha value is -1.69. The van der Waals surface area contributed by atoms with Gasteiger partial charge in [0.05, 0.1) is 0 Å². The van der Waals surface area contributed by atoms with Crippen LogP contribution in [0, 0.1) is 8.78 Å². The molecule has 1 aromatic carbocycles. The van der Waals surface area contributed by atoms with Crippen LogP contribution in [0.15, 0.2) is 29.8 Å². The minimum absolute atomic E-state index is 0.0430. The number of nitrogens with zero attached hydrogens (tertiary/aromatic N) is 2. The Morgan fingerprint density at radius 3 is 2.63 bits per heavy atom. The molecule has 27 heavy (non-hydrogen) atoms. The van der Waals surface area contributed by atoms with E-state index in [1.807, 2.05) is 6.07 Å². The molecule has 0 atom stereocenters. The molecule has 1 aliphatic heterocycles. The van der Waals surface area contributed by atoms with Gasteiger partial charge in [0, 0.05) is 0 Å². The van der Waals surface area contributed by atoms with Crippen LogP contribution in [-0.4, -0.2) is 51.4 Å². The SMILES string of the molecule is COC(=O)C1=C(c2cccc([I-]N([O-])O)c2)CCN(C(=O)OC(C)(C)C)C1. The number of esters is 1. The number of hydrogen-bond acceptors (Lipinski definition) is 7. The number of carbonyl (C=O) groups excluding carboxylic acids is 2. The van der Waals surface area contributed by atoms with Gasteiger partial charge < -0.3 is 0 Å². The number of amides is 1. The van der Waals surface area contributed by atoms with Crippen LogP contribution in [0.1, 0.15) is 32.8 Å². The van der Waals surface area contributed by atoms with E-state index in [2.05, 4.69) is 0 Å². The first-order valence-electron chi connectivity index (χ1n) is 8.30. The zero-order chi connectivity index (χ0) is 20.2. The normalized spacial score (nSPS) is 15.3. The zero-order valence-electron chi connectivity index (χ0n) is 15.7. The van der Waals surface area contributed by atoms with Gasteiger partial charge in [-0.1, -0.05) is 0 Å². The first-order chi connectivity index (χ1) is 12.6. The first-order valence-corrected chi connectivity index (χ1v) is 10.3. The second kappa shape index (κ2) is 9.00. The van der Waals surface area contributed by atoms with Gasteiger partial charge in [-0.15, -0.1) is 0 Å². The summed E-state index contributed by atoms with van der Waals surface area (Å²) >= 11 is -1.23. The average molecular weight is 490 g/mol. The van der Waals surface area contributed by atoms with E-state index in [1.54, 1.807) is 39.0 Å². The molecule has 1 heterocycles. The van der Waals surface area contributed by atoms with E-state index in [0.29, 0.717) is 18.5 Å². The van der Waals surface area contributed by atoms with Gasteiger partial charge >= 0.3 is 169 Å². The molecule has 0 fully saturated rings. The van der Waals surface area contributed by atoms with E-state index in [9.17, 15) is 14.8 Å². The summed E-state index contributed by atoms with van der Waals surface area (Å²) in [5.74, 6) is -0.508. The molecule has 0 saturated carbocycles. The van der Waals surface area contributed by atoms with Crippen molar-refractivity contribution >= 4 is 17.6 Å². The molecular weight excluding hydrogens is 467 g/mol. The number of methoxy groups -OCH3 is 1. The van der Waals surface area contributed by atoms with Gasteiger partial charge in [-0.05, 0) is 0 Å². The molecule has 1 N–H and O–H groups in total. The van der Waals surface area contributed by atoms with Crippen molar-refractivity contribution in [3.63, 3.8) is 0 Å². The van der Waals surface area contributed by atoms with Gasteiger partial charge in [0.2, 0.25) is 0 Å². The summed E-state index contributed by atoms with van der Waals surface area (Å²) in [5.41, 5.74) is 1.30. The van der Waals surface area contributed by atoms with Crippen molar-refractivity contribution < 1.29 is 45.7 Å². The van der Waals surface area contributed by atoms with Crippen LogP contribution in [0.3, 0.4) is 0 Å². The molecule has 1 aliphatic rings. The molecule has 0 radical (unpaired) electrons. The Kier molecular flexibility index (Phi) is 7.20. The van der Waals surface area contributed by atoms with Crippen LogP contribution in [-0.2, 0) is 14.3 Å². The van der Waals surface area contributed by atoms with Crippen LogP contribution < -0.4 is 21.5 Å². The Morgan fingerprint density at radius 1 is 1.33 bits per heavy atom. The van der Waals surface area contributed by atoms with Gasteiger partial charge in [0.15, 0.2) is 0 Å². The molecule has 1 amide bonds. The van der Waals surface area contributed by atoms with Gasteiger partial charge in [-0.3, -0.25) is 0 Å². The van der Waals surface area contributed by atoms with Crippen molar-refractivity contribution in [1.82, 2.24) is 8.34 Å². The van der Waals surface area contributed by atoms with Crippen LogP contribution in [0.2, 0.25) is 0 Å². The summed E-state index contributed by atoms with van der Waals surface area (Å²) in [6, 6.07) is 7.15. The second-order valence-electron chi connectivity index (χ2n) is 6.92. The van der Waals surface area contributed by atoms with Crippen LogP contribution in [0.4, 0.5) is 4.79 Å². The fourth-order valence-electron chi connectivity index (χ4n) is 2.69. The van der Waals surface area contributed by atoms with Crippen molar-refractivity contribution in [2.24, 2.45) is 0 Å². The number of carbonyl (C=O) groups is 2. The number of halogens is 1. The van der Waals surface area contributed by atoms with E-state index < -0.39 is 39.1 Å². The first kappa shape index (κ1) is 21.6. The molecule has 0 spiro atoms. The molecule has 0 unspecified atom stereocenters. The number of benzene rings is 1. The number of rotatable bonds is 4. The molecule has 0 aliphatic carbocycles. The van der Waals surface area contributed by atoms with E-state index in [4.69, 9.17) is 14.7 Å². The molecule has 0 bridgehead atoms. The Balaban J connectivity index is 2.33. The maximum absolute atomic E-state index is 12.4. The van der Waals surface area contributed by atoms with E-state index in [1.165, 1.54) is 12.0 Å². The van der Waals surface area contributed by atoms with E-state index >= 15 is 0 Å². The molecule has 1 aromatic rings. The number of ether oxygens (including phenoxy) is 2. The minimum atomic E-state index is -1.23. The summed E-state index contributed by atoms with van der Waals surface area (Å²) in [7, 11) is 1.29. The van der Waals surface area contributed by atoms with Crippen LogP contribution in [0.5, 0.6) is 0 Å². The Morgan fingerprint density at radius 2 is 2.04 bits per heavy atom. The maximum atomic E-state index is 12.4. The van der Waals surface area contributed by atoms with E-state index in [-0.39, 0.29) is 9.98 Å². The van der Waals surface area contributed by atoms with Crippen LogP contribution in [0.25, 0.3) is 5.57 Å².